The molecule has 2 aliphatic rings. The van der Waals surface area contributed by atoms with E-state index < -0.39 is 36.6 Å². The maximum atomic E-state index is 7.07. The molecule has 0 radical (unpaired) electrons. The van der Waals surface area contributed by atoms with Gasteiger partial charge in [-0.05, 0) is 124 Å². The summed E-state index contributed by atoms with van der Waals surface area (Å²) in [4.78, 5) is 0. The second kappa shape index (κ2) is 63.1. The molecular weight excluding hydrogens is 1970 g/mol. The fourth-order valence-electron chi connectivity index (χ4n) is 22.6. The van der Waals surface area contributed by atoms with E-state index in [0.717, 1.165) is 55.7 Å². The number of aromatic nitrogens is 4. The number of unbranched alkanes of at least 4 members (excludes halogenated alkanes) is 40. The molecule has 0 unspecified atom stereocenters. The van der Waals surface area contributed by atoms with Crippen LogP contribution in [-0.2, 0) is 44.3 Å². The third-order valence-corrected chi connectivity index (χ3v) is 36.3. The minimum absolute atomic E-state index is 0.0503. The van der Waals surface area contributed by atoms with Crippen molar-refractivity contribution in [3.63, 3.8) is 0 Å². The van der Waals surface area contributed by atoms with E-state index in [-0.39, 0.29) is 29.9 Å². The first-order valence-electron chi connectivity index (χ1n) is 58.3. The zero-order chi connectivity index (χ0) is 100. The average Bonchev–Trinajstić information content (AvgIpc) is 1.49. The molecule has 14 heteroatoms. The van der Waals surface area contributed by atoms with Crippen LogP contribution in [0.15, 0.2) is 106 Å². The largest absolute Gasteiger partial charge is 0.496 e. The Hall–Kier alpha value is -4.03. The first-order chi connectivity index (χ1) is 67.8. The van der Waals surface area contributed by atoms with Gasteiger partial charge in [0.1, 0.15) is 0 Å². The van der Waals surface area contributed by atoms with Gasteiger partial charge in [-0.3, -0.25) is 0 Å². The molecular formula is C126H194B2Br2N4O4Se2. The molecule has 0 spiro atoms. The van der Waals surface area contributed by atoms with Crippen LogP contribution in [0.1, 0.15) is 504 Å². The Labute approximate surface area is 885 Å². The molecule has 774 valence electrons. The van der Waals surface area contributed by atoms with Crippen LogP contribution < -0.4 is 10.9 Å². The number of halogens is 2. The molecule has 8 aromatic carbocycles. The predicted molar refractivity (Wildman–Crippen MR) is 624 cm³/mol. The molecule has 10 aromatic rings. The van der Waals surface area contributed by atoms with Crippen LogP contribution in [0.5, 0.6) is 0 Å². The Morgan fingerprint density at radius 2 is 0.500 bits per heavy atom. The number of rotatable bonds is 67. The Morgan fingerprint density at radius 1 is 0.257 bits per heavy atom. The summed E-state index contributed by atoms with van der Waals surface area (Å²) in [6.07, 6.45) is 81.3. The van der Waals surface area contributed by atoms with Crippen molar-refractivity contribution in [2.45, 2.75) is 532 Å². The Kier molecular flexibility index (Phi) is 53.1. The molecule has 0 N–H and O–H groups in total. The molecule has 12 rings (SSSR count). The Balaban J connectivity index is 0.000000260. The molecule has 140 heavy (non-hydrogen) atoms. The maximum Gasteiger partial charge on any atom is 0.496 e. The van der Waals surface area contributed by atoms with Gasteiger partial charge in [-0.1, -0.05) is 387 Å². The Morgan fingerprint density at radius 3 is 0.793 bits per heavy atom. The predicted octanol–water partition coefficient (Wildman–Crippen LogP) is 38.7. The van der Waals surface area contributed by atoms with E-state index >= 15 is 0 Å². The van der Waals surface area contributed by atoms with Crippen LogP contribution in [0.2, 0.25) is 0 Å². The van der Waals surface area contributed by atoms with Crippen LogP contribution in [-0.4, -0.2) is 82.5 Å². The smallest absolute Gasteiger partial charge is 0.399 e. The SMILES string of the molecule is Brc1ccc(Br)c2n[se]nc12.CCCCCCCCC(CCCCCCCC)Cc1ccc2c(-c3ccc(C)c4n[se]nc34)c3cc(CC(CCCCCCCC)CCCCCCCC)ccc3c(C)c2c1.CCCCCCCCC(CCCCCCCC)Cc1ccc2c(B3OC(C)(C)C(C)(C)O3)c3cc(CC(CCCCCCCC)CCCCCCCC)ccc3c(B3OC(C)(C)C(C)(C)O3)c2c1. The van der Waals surface area contributed by atoms with Gasteiger partial charge in [0.05, 0.1) is 22.4 Å². The molecule has 2 aliphatic heterocycles. The number of hydrogen-bond acceptors (Lipinski definition) is 8. The van der Waals surface area contributed by atoms with E-state index in [2.05, 4.69) is 249 Å². The zero-order valence-corrected chi connectivity index (χ0v) is 98.7. The summed E-state index contributed by atoms with van der Waals surface area (Å²) >= 11 is 6.81. The summed E-state index contributed by atoms with van der Waals surface area (Å²) < 4.78 is 49.0. The summed E-state index contributed by atoms with van der Waals surface area (Å²) in [6.45, 7) is 40.8. The molecule has 2 saturated heterocycles. The number of fused-ring (bicyclic) bond motifs is 6. The molecule has 0 amide bonds. The van der Waals surface area contributed by atoms with Crippen molar-refractivity contribution in [2.75, 3.05) is 0 Å². The van der Waals surface area contributed by atoms with Gasteiger partial charge in [-0.25, -0.2) is 0 Å². The van der Waals surface area contributed by atoms with E-state index in [1.165, 1.54) is 471 Å². The van der Waals surface area contributed by atoms with Gasteiger partial charge in [0, 0.05) is 0 Å². The minimum Gasteiger partial charge on any atom is -0.399 e. The van der Waals surface area contributed by atoms with Crippen molar-refractivity contribution in [1.29, 1.82) is 0 Å². The fraction of sp³-hybridized carbons (Fsp3) is 0.683. The second-order valence-electron chi connectivity index (χ2n) is 45.6. The van der Waals surface area contributed by atoms with E-state index in [1.807, 2.05) is 12.1 Å². The van der Waals surface area contributed by atoms with Crippen LogP contribution >= 0.6 is 31.9 Å². The van der Waals surface area contributed by atoms with Crippen molar-refractivity contribution in [3.05, 3.63) is 139 Å². The monoisotopic (exact) mass is 2170 g/mol. The van der Waals surface area contributed by atoms with Gasteiger partial charge in [0.15, 0.2) is 0 Å². The van der Waals surface area contributed by atoms with Crippen LogP contribution in [0.3, 0.4) is 0 Å². The third kappa shape index (κ3) is 36.2. The van der Waals surface area contributed by atoms with Crippen LogP contribution in [0.4, 0.5) is 0 Å². The first kappa shape index (κ1) is 118. The molecule has 0 atom stereocenters. The fourth-order valence-corrected chi connectivity index (χ4v) is 26.4. The van der Waals surface area contributed by atoms with Gasteiger partial charge in [-0.15, -0.1) is 0 Å². The maximum absolute atomic E-state index is 7.07. The van der Waals surface area contributed by atoms with E-state index in [4.69, 9.17) is 26.6 Å². The topological polar surface area (TPSA) is 88.5 Å². The van der Waals surface area contributed by atoms with Crippen molar-refractivity contribution < 1.29 is 18.6 Å². The van der Waals surface area contributed by atoms with E-state index in [1.54, 1.807) is 0 Å². The standard InChI is InChI=1S/C62H104B2O4.C58H88N2Se.C6H2Br2N2Se/c1-13-17-21-25-29-33-37-49(38-34-30-26-22-18-14-2)45-51-41-43-53-55(47-51)57(63-65-59(5,6)60(7,8)66-63)54-44-42-52(48-56(54)58(53)64-67-61(9,10)62(11,12)68-64)46-50(39-35-31-27-23-19-15-3)40-36-32-28-24-20-16-4;1-7-11-15-19-23-27-31-47(32-28-24-20-16-12-8-2)41-49-37-40-52-54(43-49)46(6)51-39-36-50(44-55(51)56(52)53-38-35-45(5)57-58(53)60-61-59-57)42-48(33-29-25-21-17-13-9-3)34-30-26-22-18-14-10-4;7-3-1-2-4(8)6-5(3)9-11-10-6/h41-44,47-50H,13-40,45-46H2,1-12H3;35-40,43-44,47-48H,7-34,41-42H2,1-6H3;1-2H. The molecule has 2 aromatic heterocycles. The van der Waals surface area contributed by atoms with Gasteiger partial charge in [0.2, 0.25) is 0 Å². The van der Waals surface area contributed by atoms with Crippen molar-refractivity contribution in [3.8, 4) is 11.1 Å². The van der Waals surface area contributed by atoms with Crippen LogP contribution in [0, 0.1) is 37.5 Å². The van der Waals surface area contributed by atoms with E-state index in [9.17, 15) is 0 Å². The molecule has 0 bridgehead atoms. The van der Waals surface area contributed by atoms with E-state index in [0.29, 0.717) is 11.8 Å². The summed E-state index contributed by atoms with van der Waals surface area (Å²) in [5, 5.41) is 10.5. The zero-order valence-electron chi connectivity index (χ0n) is 92.1. The minimum atomic E-state index is -0.492. The van der Waals surface area contributed by atoms with Crippen molar-refractivity contribution in [2.24, 2.45) is 23.7 Å². The summed E-state index contributed by atoms with van der Waals surface area (Å²) in [5.74, 6) is 2.93. The van der Waals surface area contributed by atoms with Gasteiger partial charge >= 0.3 is 341 Å². The van der Waals surface area contributed by atoms with Crippen LogP contribution in [0.25, 0.3) is 76.3 Å². The number of benzene rings is 8. The number of nitrogens with zero attached hydrogens (tertiary/aromatic N) is 4. The Bertz CT molecular complexity index is 4940. The molecule has 8 nitrogen and oxygen atoms in total. The second-order valence-corrected chi connectivity index (χ2v) is 49.6. The molecule has 2 fully saturated rings. The molecule has 0 saturated carbocycles. The van der Waals surface area contributed by atoms with Gasteiger partial charge < -0.3 is 18.6 Å². The summed E-state index contributed by atoms with van der Waals surface area (Å²) in [6, 6.07) is 38.7. The van der Waals surface area contributed by atoms with Crippen molar-refractivity contribution in [1.82, 2.24) is 15.9 Å². The summed E-state index contributed by atoms with van der Waals surface area (Å²) in [7, 11) is -0.984. The van der Waals surface area contributed by atoms with Gasteiger partial charge in [-0.2, -0.15) is 0 Å². The quantitative estimate of drug-likeness (QED) is 0.0212. The molecule has 4 heterocycles. The normalized spacial score (nSPS) is 14.6. The number of aryl methyl sites for hydroxylation is 2. The number of hydrogen-bond donors (Lipinski definition) is 0. The first-order valence-corrected chi connectivity index (χ1v) is 63.0. The molecule has 0 aliphatic carbocycles. The van der Waals surface area contributed by atoms with Crippen molar-refractivity contribution >= 4 is 152 Å². The van der Waals surface area contributed by atoms with Gasteiger partial charge in [0.25, 0.3) is 0 Å². The third-order valence-electron chi connectivity index (χ3n) is 32.8. The average molecular weight is 2170 g/mol. The summed E-state index contributed by atoms with van der Waals surface area (Å²) in [5.41, 5.74) is 16.0.